The minimum atomic E-state index is -0.0366. The number of nitrogens with two attached hydrogens (primary N) is 1. The molecule has 1 unspecified atom stereocenters. The quantitative estimate of drug-likeness (QED) is 0.909. The maximum absolute atomic E-state index is 6.00. The zero-order valence-corrected chi connectivity index (χ0v) is 12.6. The smallest absolute Gasteiger partial charge is 0.128 e. The van der Waals surface area contributed by atoms with Gasteiger partial charge in [0.1, 0.15) is 5.82 Å². The standard InChI is InChI=1S/C14H17BrN4/c1-3-17-13(12-5-4-10(15)8-18-12)11-6-9(2)7-19-14(11)16/h4-8,13,17H,3H2,1-2H3,(H2,16,19). The van der Waals surface area contributed by atoms with Crippen molar-refractivity contribution in [3.63, 3.8) is 0 Å². The predicted molar refractivity (Wildman–Crippen MR) is 80.8 cm³/mol. The summed E-state index contributed by atoms with van der Waals surface area (Å²) in [6.45, 7) is 4.90. The zero-order valence-electron chi connectivity index (χ0n) is 11.0. The van der Waals surface area contributed by atoms with Gasteiger partial charge in [-0.1, -0.05) is 6.92 Å². The van der Waals surface area contributed by atoms with E-state index in [0.717, 1.165) is 27.8 Å². The molecular formula is C14H17BrN4. The van der Waals surface area contributed by atoms with E-state index in [4.69, 9.17) is 5.73 Å². The molecule has 0 amide bonds. The Kier molecular flexibility index (Phi) is 4.50. The lowest BCUT2D eigenvalue weighted by molar-refractivity contribution is 0.615. The topological polar surface area (TPSA) is 63.8 Å². The minimum absolute atomic E-state index is 0.0366. The Bertz CT molecular complexity index is 554. The van der Waals surface area contributed by atoms with E-state index in [-0.39, 0.29) is 6.04 Å². The molecule has 4 nitrogen and oxygen atoms in total. The van der Waals surface area contributed by atoms with Crippen molar-refractivity contribution in [2.45, 2.75) is 19.9 Å². The second-order valence-electron chi connectivity index (χ2n) is 4.38. The Hall–Kier alpha value is -1.46. The molecule has 2 aromatic rings. The highest BCUT2D eigenvalue weighted by atomic mass is 79.9. The van der Waals surface area contributed by atoms with Gasteiger partial charge in [0.05, 0.1) is 11.7 Å². The summed E-state index contributed by atoms with van der Waals surface area (Å²) >= 11 is 3.40. The first-order valence-electron chi connectivity index (χ1n) is 6.18. The molecule has 2 heterocycles. The molecule has 0 radical (unpaired) electrons. The molecule has 0 spiro atoms. The Morgan fingerprint density at radius 3 is 2.74 bits per heavy atom. The van der Waals surface area contributed by atoms with Crippen LogP contribution in [0.2, 0.25) is 0 Å². The number of hydrogen-bond donors (Lipinski definition) is 2. The fourth-order valence-corrected chi connectivity index (χ4v) is 2.20. The zero-order chi connectivity index (χ0) is 13.8. The van der Waals surface area contributed by atoms with Crippen LogP contribution in [0.25, 0.3) is 0 Å². The van der Waals surface area contributed by atoms with Crippen LogP contribution in [0, 0.1) is 6.92 Å². The largest absolute Gasteiger partial charge is 0.383 e. The van der Waals surface area contributed by atoms with E-state index in [1.54, 1.807) is 12.4 Å². The van der Waals surface area contributed by atoms with Crippen molar-refractivity contribution in [3.05, 3.63) is 51.9 Å². The maximum Gasteiger partial charge on any atom is 0.128 e. The van der Waals surface area contributed by atoms with Crippen LogP contribution in [0.1, 0.15) is 29.8 Å². The average molecular weight is 321 g/mol. The molecule has 0 aromatic carbocycles. The minimum Gasteiger partial charge on any atom is -0.383 e. The number of rotatable bonds is 4. The van der Waals surface area contributed by atoms with Gasteiger partial charge in [-0.15, -0.1) is 0 Å². The van der Waals surface area contributed by atoms with Crippen LogP contribution in [0.15, 0.2) is 35.1 Å². The third-order valence-corrected chi connectivity index (χ3v) is 3.32. The van der Waals surface area contributed by atoms with Gasteiger partial charge in [0.15, 0.2) is 0 Å². The predicted octanol–water partition coefficient (Wildman–Crippen LogP) is 2.83. The molecule has 2 aromatic heterocycles. The first-order valence-corrected chi connectivity index (χ1v) is 6.98. The van der Waals surface area contributed by atoms with Crippen molar-refractivity contribution in [1.82, 2.24) is 15.3 Å². The molecule has 0 aliphatic rings. The Labute approximate surface area is 121 Å². The van der Waals surface area contributed by atoms with Gasteiger partial charge in [0, 0.05) is 22.4 Å². The first kappa shape index (κ1) is 14.0. The Morgan fingerprint density at radius 2 is 2.11 bits per heavy atom. The van der Waals surface area contributed by atoms with E-state index in [1.807, 2.05) is 19.1 Å². The summed E-state index contributed by atoms with van der Waals surface area (Å²) in [6.07, 6.45) is 3.57. The van der Waals surface area contributed by atoms with Crippen molar-refractivity contribution in [2.24, 2.45) is 0 Å². The fourth-order valence-electron chi connectivity index (χ4n) is 1.97. The number of pyridine rings is 2. The summed E-state index contributed by atoms with van der Waals surface area (Å²) in [6, 6.07) is 5.98. The van der Waals surface area contributed by atoms with Crippen molar-refractivity contribution in [1.29, 1.82) is 0 Å². The SMILES string of the molecule is CCNC(c1ccc(Br)cn1)c1cc(C)cnc1N. The molecule has 0 aliphatic carbocycles. The summed E-state index contributed by atoms with van der Waals surface area (Å²) in [5.41, 5.74) is 8.99. The van der Waals surface area contributed by atoms with E-state index in [1.165, 1.54) is 0 Å². The van der Waals surface area contributed by atoms with Crippen molar-refractivity contribution < 1.29 is 0 Å². The van der Waals surface area contributed by atoms with Crippen molar-refractivity contribution in [3.8, 4) is 0 Å². The van der Waals surface area contributed by atoms with E-state index in [0.29, 0.717) is 5.82 Å². The number of nitrogens with zero attached hydrogens (tertiary/aromatic N) is 2. The fraction of sp³-hybridized carbons (Fsp3) is 0.286. The first-order chi connectivity index (χ1) is 9.11. The molecule has 0 bridgehead atoms. The molecule has 2 rings (SSSR count). The lowest BCUT2D eigenvalue weighted by Gasteiger charge is -2.19. The van der Waals surface area contributed by atoms with Crippen molar-refractivity contribution in [2.75, 3.05) is 12.3 Å². The number of halogens is 1. The molecule has 0 saturated carbocycles. The summed E-state index contributed by atoms with van der Waals surface area (Å²) in [7, 11) is 0. The van der Waals surface area contributed by atoms with Gasteiger partial charge in [-0.05, 0) is 53.2 Å². The van der Waals surface area contributed by atoms with Gasteiger partial charge in [-0.25, -0.2) is 4.98 Å². The monoisotopic (exact) mass is 320 g/mol. The molecule has 0 aliphatic heterocycles. The van der Waals surface area contributed by atoms with E-state index in [9.17, 15) is 0 Å². The highest BCUT2D eigenvalue weighted by Gasteiger charge is 2.17. The number of aromatic nitrogens is 2. The number of anilines is 1. The third kappa shape index (κ3) is 3.30. The van der Waals surface area contributed by atoms with Gasteiger partial charge in [-0.2, -0.15) is 0 Å². The Balaban J connectivity index is 2.44. The summed E-state index contributed by atoms with van der Waals surface area (Å²) in [5, 5.41) is 3.40. The van der Waals surface area contributed by atoms with Crippen LogP contribution < -0.4 is 11.1 Å². The second-order valence-corrected chi connectivity index (χ2v) is 5.29. The van der Waals surface area contributed by atoms with Crippen molar-refractivity contribution >= 4 is 21.7 Å². The second kappa shape index (κ2) is 6.12. The number of aryl methyl sites for hydroxylation is 1. The summed E-state index contributed by atoms with van der Waals surface area (Å²) < 4.78 is 0.960. The summed E-state index contributed by atoms with van der Waals surface area (Å²) in [4.78, 5) is 8.68. The van der Waals surface area contributed by atoms with Gasteiger partial charge in [0.2, 0.25) is 0 Å². The lowest BCUT2D eigenvalue weighted by atomic mass is 10.0. The van der Waals surface area contributed by atoms with E-state index < -0.39 is 0 Å². The Morgan fingerprint density at radius 1 is 1.32 bits per heavy atom. The maximum atomic E-state index is 6.00. The molecular weight excluding hydrogens is 304 g/mol. The highest BCUT2D eigenvalue weighted by Crippen LogP contribution is 2.25. The number of hydrogen-bond acceptors (Lipinski definition) is 4. The van der Waals surface area contributed by atoms with Crippen LogP contribution in [0.5, 0.6) is 0 Å². The molecule has 5 heteroatoms. The molecule has 3 N–H and O–H groups in total. The molecule has 0 fully saturated rings. The number of nitrogen functional groups attached to an aromatic ring is 1. The lowest BCUT2D eigenvalue weighted by Crippen LogP contribution is -2.24. The van der Waals surface area contributed by atoms with Crippen LogP contribution in [-0.4, -0.2) is 16.5 Å². The van der Waals surface area contributed by atoms with Crippen LogP contribution in [-0.2, 0) is 0 Å². The van der Waals surface area contributed by atoms with Crippen LogP contribution in [0.4, 0.5) is 5.82 Å². The van der Waals surface area contributed by atoms with Gasteiger partial charge < -0.3 is 11.1 Å². The normalized spacial score (nSPS) is 12.4. The van der Waals surface area contributed by atoms with Gasteiger partial charge in [-0.3, -0.25) is 4.98 Å². The molecule has 19 heavy (non-hydrogen) atoms. The van der Waals surface area contributed by atoms with E-state index in [2.05, 4.69) is 44.2 Å². The molecule has 100 valence electrons. The van der Waals surface area contributed by atoms with Gasteiger partial charge >= 0.3 is 0 Å². The van der Waals surface area contributed by atoms with Crippen LogP contribution in [0.3, 0.4) is 0 Å². The average Bonchev–Trinajstić information content (AvgIpc) is 2.40. The third-order valence-electron chi connectivity index (χ3n) is 2.85. The molecule has 0 saturated heterocycles. The summed E-state index contributed by atoms with van der Waals surface area (Å²) in [5.74, 6) is 0.543. The van der Waals surface area contributed by atoms with Gasteiger partial charge in [0.25, 0.3) is 0 Å². The van der Waals surface area contributed by atoms with Crippen LogP contribution >= 0.6 is 15.9 Å². The highest BCUT2D eigenvalue weighted by molar-refractivity contribution is 9.10. The number of nitrogens with one attached hydrogen (secondary N) is 1. The molecule has 1 atom stereocenters. The van der Waals surface area contributed by atoms with E-state index >= 15 is 0 Å².